The molecular formula is C25H19NO4. The standard InChI is InChI=1S/C25H19NO4/c1-16-11-13-17(14-12-16)23(28)24(18-7-3-2-4-8-18)30-25(29)20-15-22(27)26-21-10-6-5-9-19(20)21/h2-15,24H,1H3,(H,26,27). The van der Waals surface area contributed by atoms with E-state index < -0.39 is 17.6 Å². The smallest absolute Gasteiger partial charge is 0.340 e. The van der Waals surface area contributed by atoms with E-state index in [1.807, 2.05) is 25.1 Å². The maximum atomic E-state index is 13.2. The Morgan fingerprint density at radius 2 is 1.53 bits per heavy atom. The molecule has 3 aromatic carbocycles. The number of Topliss-reactive ketones (excluding diaryl/α,β-unsaturated/α-hetero) is 1. The Morgan fingerprint density at radius 1 is 0.867 bits per heavy atom. The minimum absolute atomic E-state index is 0.118. The normalized spacial score (nSPS) is 11.8. The fourth-order valence-electron chi connectivity index (χ4n) is 3.31. The minimum Gasteiger partial charge on any atom is -0.445 e. The number of aryl methyl sites for hydroxylation is 1. The van der Waals surface area contributed by atoms with E-state index in [9.17, 15) is 14.4 Å². The number of carbonyl (C=O) groups excluding carboxylic acids is 2. The zero-order chi connectivity index (χ0) is 21.1. The highest BCUT2D eigenvalue weighted by atomic mass is 16.5. The lowest BCUT2D eigenvalue weighted by molar-refractivity contribution is 0.0282. The van der Waals surface area contributed by atoms with Gasteiger partial charge in [0.15, 0.2) is 6.10 Å². The van der Waals surface area contributed by atoms with Gasteiger partial charge in [-0.1, -0.05) is 78.4 Å². The summed E-state index contributed by atoms with van der Waals surface area (Å²) in [6.07, 6.45) is -1.13. The van der Waals surface area contributed by atoms with Gasteiger partial charge in [-0.15, -0.1) is 0 Å². The van der Waals surface area contributed by atoms with Crippen LogP contribution in [-0.2, 0) is 4.74 Å². The summed E-state index contributed by atoms with van der Waals surface area (Å²) < 4.78 is 5.69. The van der Waals surface area contributed by atoms with Gasteiger partial charge in [0, 0.05) is 28.1 Å². The maximum Gasteiger partial charge on any atom is 0.340 e. The molecule has 0 amide bonds. The zero-order valence-electron chi connectivity index (χ0n) is 16.3. The largest absolute Gasteiger partial charge is 0.445 e. The number of carbonyl (C=O) groups is 2. The van der Waals surface area contributed by atoms with Gasteiger partial charge >= 0.3 is 5.97 Å². The first-order valence-electron chi connectivity index (χ1n) is 9.52. The van der Waals surface area contributed by atoms with Crippen LogP contribution in [0.5, 0.6) is 0 Å². The number of H-pyrrole nitrogens is 1. The first-order chi connectivity index (χ1) is 14.5. The van der Waals surface area contributed by atoms with Crippen molar-refractivity contribution in [3.8, 4) is 0 Å². The summed E-state index contributed by atoms with van der Waals surface area (Å²) in [5, 5.41) is 0.552. The molecule has 1 atom stereocenters. The minimum atomic E-state index is -1.13. The molecule has 4 aromatic rings. The number of ether oxygens (including phenoxy) is 1. The molecule has 5 nitrogen and oxygen atoms in total. The third kappa shape index (κ3) is 3.91. The maximum absolute atomic E-state index is 13.2. The number of fused-ring (bicyclic) bond motifs is 1. The van der Waals surface area contributed by atoms with Crippen LogP contribution >= 0.6 is 0 Å². The number of para-hydroxylation sites is 1. The van der Waals surface area contributed by atoms with Gasteiger partial charge in [-0.2, -0.15) is 0 Å². The van der Waals surface area contributed by atoms with Crippen molar-refractivity contribution in [3.63, 3.8) is 0 Å². The van der Waals surface area contributed by atoms with Crippen LogP contribution in [0.25, 0.3) is 10.9 Å². The average molecular weight is 397 g/mol. The highest BCUT2D eigenvalue weighted by molar-refractivity contribution is 6.06. The van der Waals surface area contributed by atoms with E-state index in [-0.39, 0.29) is 11.3 Å². The van der Waals surface area contributed by atoms with Gasteiger partial charge in [0.2, 0.25) is 11.3 Å². The van der Waals surface area contributed by atoms with Crippen LogP contribution in [-0.4, -0.2) is 16.7 Å². The number of esters is 1. The molecule has 1 aromatic heterocycles. The number of nitrogens with one attached hydrogen (secondary N) is 1. The molecule has 0 saturated heterocycles. The SMILES string of the molecule is Cc1ccc(C(=O)C(OC(=O)c2cc(=O)[nH]c3ccccc23)c2ccccc2)cc1. The number of benzene rings is 3. The van der Waals surface area contributed by atoms with Crippen molar-refractivity contribution in [2.45, 2.75) is 13.0 Å². The number of aromatic nitrogens is 1. The molecule has 0 fully saturated rings. The number of rotatable bonds is 5. The number of pyridine rings is 1. The fraction of sp³-hybridized carbons (Fsp3) is 0.0800. The second kappa shape index (κ2) is 8.17. The van der Waals surface area contributed by atoms with Crippen LogP contribution < -0.4 is 5.56 Å². The van der Waals surface area contributed by atoms with E-state index in [0.717, 1.165) is 5.56 Å². The summed E-state index contributed by atoms with van der Waals surface area (Å²) in [4.78, 5) is 41.0. The van der Waals surface area contributed by atoms with E-state index >= 15 is 0 Å². The topological polar surface area (TPSA) is 76.2 Å². The summed E-state index contributed by atoms with van der Waals surface area (Å²) in [5.74, 6) is -1.06. The van der Waals surface area contributed by atoms with E-state index in [2.05, 4.69) is 4.98 Å². The number of ketones is 1. The van der Waals surface area contributed by atoms with Gasteiger partial charge in [0.1, 0.15) is 0 Å². The van der Waals surface area contributed by atoms with Gasteiger partial charge in [-0.25, -0.2) is 4.79 Å². The highest BCUT2D eigenvalue weighted by Gasteiger charge is 2.27. The van der Waals surface area contributed by atoms with Crippen LogP contribution in [0, 0.1) is 6.92 Å². The van der Waals surface area contributed by atoms with Crippen molar-refractivity contribution < 1.29 is 14.3 Å². The summed E-state index contributed by atoms with van der Waals surface area (Å²) in [6, 6.07) is 24.1. The second-order valence-corrected chi connectivity index (χ2v) is 7.02. The third-order valence-electron chi connectivity index (χ3n) is 4.87. The molecule has 0 spiro atoms. The Bertz CT molecular complexity index is 1270. The number of hydrogen-bond acceptors (Lipinski definition) is 4. The van der Waals surface area contributed by atoms with Crippen molar-refractivity contribution in [2.75, 3.05) is 0 Å². The van der Waals surface area contributed by atoms with Gasteiger partial charge in [-0.3, -0.25) is 9.59 Å². The molecule has 148 valence electrons. The summed E-state index contributed by atoms with van der Waals surface area (Å²) in [7, 11) is 0. The van der Waals surface area contributed by atoms with Crippen LogP contribution in [0.1, 0.15) is 37.9 Å². The molecule has 0 radical (unpaired) electrons. The molecule has 4 rings (SSSR count). The lowest BCUT2D eigenvalue weighted by Crippen LogP contribution is -2.21. The van der Waals surface area contributed by atoms with E-state index in [0.29, 0.717) is 22.0 Å². The molecule has 0 saturated carbocycles. The lowest BCUT2D eigenvalue weighted by Gasteiger charge is -2.18. The van der Waals surface area contributed by atoms with E-state index in [1.165, 1.54) is 6.07 Å². The fourth-order valence-corrected chi connectivity index (χ4v) is 3.31. The molecule has 1 unspecified atom stereocenters. The molecular weight excluding hydrogens is 378 g/mol. The van der Waals surface area contributed by atoms with Crippen molar-refractivity contribution in [1.29, 1.82) is 0 Å². The Kier molecular flexibility index (Phi) is 5.26. The summed E-state index contributed by atoms with van der Waals surface area (Å²) >= 11 is 0. The molecule has 5 heteroatoms. The van der Waals surface area contributed by atoms with Gasteiger partial charge in [0.05, 0.1) is 5.56 Å². The molecule has 0 aliphatic heterocycles. The molecule has 0 bridgehead atoms. The quantitative estimate of drug-likeness (QED) is 0.394. The number of aromatic amines is 1. The molecule has 0 aliphatic carbocycles. The Hall–Kier alpha value is -3.99. The first-order valence-corrected chi connectivity index (χ1v) is 9.52. The van der Waals surface area contributed by atoms with Crippen LogP contribution in [0.4, 0.5) is 0 Å². The first kappa shape index (κ1) is 19.3. The number of hydrogen-bond donors (Lipinski definition) is 1. The van der Waals surface area contributed by atoms with Crippen molar-refractivity contribution in [2.24, 2.45) is 0 Å². The van der Waals surface area contributed by atoms with Crippen LogP contribution in [0.2, 0.25) is 0 Å². The van der Waals surface area contributed by atoms with Gasteiger partial charge in [0.25, 0.3) is 0 Å². The Morgan fingerprint density at radius 3 is 2.27 bits per heavy atom. The molecule has 0 aliphatic rings. The summed E-state index contributed by atoms with van der Waals surface area (Å²) in [5.41, 5.74) is 2.25. The highest BCUT2D eigenvalue weighted by Crippen LogP contribution is 2.25. The second-order valence-electron chi connectivity index (χ2n) is 7.02. The van der Waals surface area contributed by atoms with Crippen molar-refractivity contribution in [3.05, 3.63) is 118 Å². The van der Waals surface area contributed by atoms with Crippen LogP contribution in [0.3, 0.4) is 0 Å². The van der Waals surface area contributed by atoms with Crippen LogP contribution in [0.15, 0.2) is 89.7 Å². The van der Waals surface area contributed by atoms with Crippen molar-refractivity contribution >= 4 is 22.7 Å². The Balaban J connectivity index is 1.74. The molecule has 1 N–H and O–H groups in total. The van der Waals surface area contributed by atoms with Crippen molar-refractivity contribution in [1.82, 2.24) is 4.98 Å². The molecule has 1 heterocycles. The lowest BCUT2D eigenvalue weighted by atomic mass is 9.99. The summed E-state index contributed by atoms with van der Waals surface area (Å²) in [6.45, 7) is 1.93. The predicted molar refractivity (Wildman–Crippen MR) is 115 cm³/mol. The molecule has 30 heavy (non-hydrogen) atoms. The van der Waals surface area contributed by atoms with E-state index in [1.54, 1.807) is 60.7 Å². The third-order valence-corrected chi connectivity index (χ3v) is 4.87. The van der Waals surface area contributed by atoms with Gasteiger partial charge in [-0.05, 0) is 13.0 Å². The Labute approximate surface area is 173 Å². The van der Waals surface area contributed by atoms with Gasteiger partial charge < -0.3 is 9.72 Å². The predicted octanol–water partition coefficient (Wildman–Crippen LogP) is 4.62. The van der Waals surface area contributed by atoms with E-state index in [4.69, 9.17) is 4.74 Å². The zero-order valence-corrected chi connectivity index (χ0v) is 16.3. The average Bonchev–Trinajstić information content (AvgIpc) is 2.77. The monoisotopic (exact) mass is 397 g/mol.